The molecule has 1 rings (SSSR count). The summed E-state index contributed by atoms with van der Waals surface area (Å²) in [7, 11) is 0. The minimum absolute atomic E-state index is 0.0595. The maximum absolute atomic E-state index is 13.2. The molecule has 0 aliphatic carbocycles. The van der Waals surface area contributed by atoms with Crippen LogP contribution in [0.5, 0.6) is 0 Å². The SMILES string of the molecule is C[C@H](O)[C@H](NC(=O)[C@H](Cc1ccccc1)NC(=O)[C@@H](N)CCCN=C(N)N)C(=O)NCC(=O)N[C@H](C=O)CO. The Labute approximate surface area is 226 Å². The van der Waals surface area contributed by atoms with Crippen LogP contribution < -0.4 is 38.5 Å². The van der Waals surface area contributed by atoms with Crippen molar-refractivity contribution in [3.05, 3.63) is 35.9 Å². The highest BCUT2D eigenvalue weighted by Gasteiger charge is 2.31. The molecular weight excluding hydrogens is 512 g/mol. The fourth-order valence-corrected chi connectivity index (χ4v) is 3.31. The van der Waals surface area contributed by atoms with E-state index in [1.165, 1.54) is 6.92 Å². The maximum atomic E-state index is 13.2. The normalized spacial score (nSPS) is 14.5. The average molecular weight is 551 g/mol. The predicted molar refractivity (Wildman–Crippen MR) is 142 cm³/mol. The highest BCUT2D eigenvalue weighted by atomic mass is 16.3. The highest BCUT2D eigenvalue weighted by Crippen LogP contribution is 2.06. The first-order valence-corrected chi connectivity index (χ1v) is 12.2. The van der Waals surface area contributed by atoms with Gasteiger partial charge in [-0.25, -0.2) is 0 Å². The van der Waals surface area contributed by atoms with Crippen molar-refractivity contribution in [2.75, 3.05) is 19.7 Å². The Balaban J connectivity index is 2.90. The number of aldehydes is 1. The number of nitrogens with two attached hydrogens (primary N) is 3. The van der Waals surface area contributed by atoms with E-state index in [9.17, 15) is 29.1 Å². The van der Waals surface area contributed by atoms with Gasteiger partial charge in [0, 0.05) is 13.0 Å². The van der Waals surface area contributed by atoms with Crippen molar-refractivity contribution in [2.24, 2.45) is 22.2 Å². The van der Waals surface area contributed by atoms with Crippen LogP contribution in [0.3, 0.4) is 0 Å². The van der Waals surface area contributed by atoms with E-state index in [1.54, 1.807) is 30.3 Å². The number of nitrogens with zero attached hydrogens (tertiary/aromatic N) is 1. The second kappa shape index (κ2) is 17.4. The van der Waals surface area contributed by atoms with Crippen molar-refractivity contribution in [1.29, 1.82) is 0 Å². The van der Waals surface area contributed by atoms with Crippen molar-refractivity contribution in [1.82, 2.24) is 21.3 Å². The monoisotopic (exact) mass is 550 g/mol. The number of benzene rings is 1. The largest absolute Gasteiger partial charge is 0.394 e. The molecule has 4 amide bonds. The van der Waals surface area contributed by atoms with Crippen LogP contribution in [0.2, 0.25) is 0 Å². The number of amides is 4. The summed E-state index contributed by atoms with van der Waals surface area (Å²) in [4.78, 5) is 65.0. The smallest absolute Gasteiger partial charge is 0.245 e. The average Bonchev–Trinajstić information content (AvgIpc) is 2.90. The molecule has 1 aromatic carbocycles. The van der Waals surface area contributed by atoms with Crippen LogP contribution in [0.1, 0.15) is 25.3 Å². The highest BCUT2D eigenvalue weighted by molar-refractivity contribution is 5.94. The van der Waals surface area contributed by atoms with E-state index >= 15 is 0 Å². The van der Waals surface area contributed by atoms with Gasteiger partial charge in [0.25, 0.3) is 0 Å². The molecule has 39 heavy (non-hydrogen) atoms. The van der Waals surface area contributed by atoms with Gasteiger partial charge in [-0.15, -0.1) is 0 Å². The third-order valence-corrected chi connectivity index (χ3v) is 5.41. The van der Waals surface area contributed by atoms with Crippen molar-refractivity contribution < 1.29 is 34.2 Å². The zero-order valence-corrected chi connectivity index (χ0v) is 21.7. The molecule has 0 saturated heterocycles. The second-order valence-corrected chi connectivity index (χ2v) is 8.74. The van der Waals surface area contributed by atoms with Gasteiger partial charge in [-0.3, -0.25) is 24.2 Å². The molecule has 15 heteroatoms. The Morgan fingerprint density at radius 3 is 2.26 bits per heavy atom. The lowest BCUT2D eigenvalue weighted by molar-refractivity contribution is -0.135. The van der Waals surface area contributed by atoms with Gasteiger partial charge in [0.15, 0.2) is 5.96 Å². The Morgan fingerprint density at radius 2 is 1.69 bits per heavy atom. The maximum Gasteiger partial charge on any atom is 0.245 e. The molecule has 0 fully saturated rings. The minimum Gasteiger partial charge on any atom is -0.394 e. The third-order valence-electron chi connectivity index (χ3n) is 5.41. The standard InChI is InChI=1S/C24H38N8O7/c1-14(35)20(23(39)29-11-19(36)30-16(12-33)13-34)32-22(38)18(10-15-6-3-2-4-7-15)31-21(37)17(25)8-5-9-28-24(26)27/h2-4,6-7,12,14,16-18,20,34-35H,5,8-11,13,25H2,1H3,(H,29,39)(H,30,36)(H,31,37)(H,32,38)(H4,26,27,28)/t14-,16+,17-,18-,20-/m0/s1. The van der Waals surface area contributed by atoms with E-state index < -0.39 is 67.1 Å². The number of carbonyl (C=O) groups is 5. The van der Waals surface area contributed by atoms with Crippen LogP contribution in [-0.4, -0.2) is 96.1 Å². The topological polar surface area (TPSA) is 264 Å². The number of hydrogen-bond acceptors (Lipinski definition) is 9. The summed E-state index contributed by atoms with van der Waals surface area (Å²) in [5.41, 5.74) is 17.2. The quantitative estimate of drug-likeness (QED) is 0.0390. The molecule has 5 atom stereocenters. The van der Waals surface area contributed by atoms with E-state index in [4.69, 9.17) is 22.3 Å². The first kappa shape index (κ1) is 32.9. The number of carbonyl (C=O) groups excluding carboxylic acids is 5. The number of nitrogens with one attached hydrogen (secondary N) is 4. The van der Waals surface area contributed by atoms with Gasteiger partial charge < -0.3 is 53.5 Å². The summed E-state index contributed by atoms with van der Waals surface area (Å²) < 4.78 is 0. The number of aliphatic hydroxyl groups is 2. The summed E-state index contributed by atoms with van der Waals surface area (Å²) >= 11 is 0. The van der Waals surface area contributed by atoms with Gasteiger partial charge in [-0.05, 0) is 25.3 Å². The van der Waals surface area contributed by atoms with E-state index in [-0.39, 0.29) is 25.3 Å². The lowest BCUT2D eigenvalue weighted by Crippen LogP contribution is -2.59. The molecule has 15 nitrogen and oxygen atoms in total. The zero-order valence-electron chi connectivity index (χ0n) is 21.7. The first-order chi connectivity index (χ1) is 18.5. The summed E-state index contributed by atoms with van der Waals surface area (Å²) in [5, 5.41) is 28.5. The van der Waals surface area contributed by atoms with Gasteiger partial charge in [0.2, 0.25) is 23.6 Å². The number of hydrogen-bond donors (Lipinski definition) is 9. The Morgan fingerprint density at radius 1 is 1.03 bits per heavy atom. The third kappa shape index (κ3) is 12.8. The molecule has 0 bridgehead atoms. The van der Waals surface area contributed by atoms with Crippen LogP contribution in [-0.2, 0) is 30.4 Å². The minimum atomic E-state index is -1.48. The Hall–Kier alpha value is -4.08. The van der Waals surface area contributed by atoms with Crippen molar-refractivity contribution in [3.8, 4) is 0 Å². The van der Waals surface area contributed by atoms with E-state index in [1.807, 2.05) is 0 Å². The van der Waals surface area contributed by atoms with Crippen LogP contribution in [0.25, 0.3) is 0 Å². The lowest BCUT2D eigenvalue weighted by Gasteiger charge is -2.25. The molecule has 0 spiro atoms. The molecule has 0 unspecified atom stereocenters. The molecule has 0 heterocycles. The molecule has 0 aliphatic rings. The van der Waals surface area contributed by atoms with Crippen LogP contribution in [0.4, 0.5) is 0 Å². The number of rotatable bonds is 17. The molecule has 0 radical (unpaired) electrons. The van der Waals surface area contributed by atoms with E-state index in [2.05, 4.69) is 26.3 Å². The summed E-state index contributed by atoms with van der Waals surface area (Å²) in [6, 6.07) is 4.06. The van der Waals surface area contributed by atoms with Gasteiger partial charge in [0.1, 0.15) is 24.4 Å². The summed E-state index contributed by atoms with van der Waals surface area (Å²) in [6.07, 6.45) is -0.321. The number of guanidine groups is 1. The Kier molecular flexibility index (Phi) is 14.7. The first-order valence-electron chi connectivity index (χ1n) is 12.2. The van der Waals surface area contributed by atoms with Gasteiger partial charge >= 0.3 is 0 Å². The summed E-state index contributed by atoms with van der Waals surface area (Å²) in [5.74, 6) is -3.12. The zero-order chi connectivity index (χ0) is 29.4. The molecular formula is C24H38N8O7. The van der Waals surface area contributed by atoms with Crippen molar-refractivity contribution in [2.45, 2.75) is 56.5 Å². The molecule has 0 aliphatic heterocycles. The van der Waals surface area contributed by atoms with Gasteiger partial charge in [-0.2, -0.15) is 0 Å². The fourth-order valence-electron chi connectivity index (χ4n) is 3.31. The van der Waals surface area contributed by atoms with Crippen molar-refractivity contribution >= 4 is 35.9 Å². The number of aliphatic hydroxyl groups excluding tert-OH is 2. The Bertz CT molecular complexity index is 986. The van der Waals surface area contributed by atoms with E-state index in [0.717, 1.165) is 0 Å². The van der Waals surface area contributed by atoms with E-state index in [0.29, 0.717) is 18.3 Å². The molecule has 0 saturated carbocycles. The molecule has 12 N–H and O–H groups in total. The second-order valence-electron chi connectivity index (χ2n) is 8.74. The molecule has 216 valence electrons. The van der Waals surface area contributed by atoms with Crippen molar-refractivity contribution in [3.63, 3.8) is 0 Å². The predicted octanol–water partition coefficient (Wildman–Crippen LogP) is -4.25. The van der Waals surface area contributed by atoms with Crippen LogP contribution in [0, 0.1) is 0 Å². The number of aliphatic imine (C=N–C) groups is 1. The molecule has 0 aromatic heterocycles. The van der Waals surface area contributed by atoms with Gasteiger partial charge in [-0.1, -0.05) is 30.3 Å². The molecule has 1 aromatic rings. The summed E-state index contributed by atoms with van der Waals surface area (Å²) in [6.45, 7) is 0.331. The van der Waals surface area contributed by atoms with Crippen LogP contribution >= 0.6 is 0 Å². The van der Waals surface area contributed by atoms with Gasteiger partial charge in [0.05, 0.1) is 25.3 Å². The lowest BCUT2D eigenvalue weighted by atomic mass is 10.0. The fraction of sp³-hybridized carbons (Fsp3) is 0.500. The van der Waals surface area contributed by atoms with Crippen LogP contribution in [0.15, 0.2) is 35.3 Å².